The summed E-state index contributed by atoms with van der Waals surface area (Å²) >= 11 is 0. The minimum Gasteiger partial charge on any atom is -0.469 e. The van der Waals surface area contributed by atoms with Gasteiger partial charge in [0.05, 0.1) is 13.2 Å². The first kappa shape index (κ1) is 14.5. The number of methoxy groups -OCH3 is 1. The van der Waals surface area contributed by atoms with Gasteiger partial charge in [0.15, 0.2) is 0 Å². The maximum absolute atomic E-state index is 11.0. The second kappa shape index (κ2) is 6.53. The van der Waals surface area contributed by atoms with Gasteiger partial charge in [0, 0.05) is 18.9 Å². The number of hydrogen-bond donors (Lipinski definition) is 2. The van der Waals surface area contributed by atoms with Crippen LogP contribution in [0.1, 0.15) is 38.5 Å². The third-order valence-electron chi connectivity index (χ3n) is 4.67. The lowest BCUT2D eigenvalue weighted by Crippen LogP contribution is -2.22. The standard InChI is InChI=1S/C15H24O4/c1-19-15(18)5-3-2-4-10-6-11-8-14(17)13(9-16)12(11)7-10/h4,11-14,16-17H,2-3,5-9H2,1H3/b10-4+/t11-,12-,13+,14+/m0/s1. The second-order valence-corrected chi connectivity index (χ2v) is 5.81. The molecule has 0 amide bonds. The molecule has 2 saturated carbocycles. The molecule has 0 aliphatic heterocycles. The van der Waals surface area contributed by atoms with Gasteiger partial charge in [-0.05, 0) is 43.9 Å². The smallest absolute Gasteiger partial charge is 0.305 e. The number of esters is 1. The Labute approximate surface area is 114 Å². The number of ether oxygens (including phenoxy) is 1. The van der Waals surface area contributed by atoms with Crippen LogP contribution in [0.15, 0.2) is 11.6 Å². The number of hydrogen-bond acceptors (Lipinski definition) is 4. The second-order valence-electron chi connectivity index (χ2n) is 5.81. The van der Waals surface area contributed by atoms with Gasteiger partial charge < -0.3 is 14.9 Å². The third-order valence-corrected chi connectivity index (χ3v) is 4.67. The number of aliphatic hydroxyl groups excluding tert-OH is 2. The molecule has 0 aromatic heterocycles. The zero-order valence-corrected chi connectivity index (χ0v) is 11.5. The van der Waals surface area contributed by atoms with Crippen LogP contribution in [0.25, 0.3) is 0 Å². The van der Waals surface area contributed by atoms with Gasteiger partial charge in [-0.25, -0.2) is 0 Å². The van der Waals surface area contributed by atoms with Crippen molar-refractivity contribution in [3.8, 4) is 0 Å². The van der Waals surface area contributed by atoms with Crippen molar-refractivity contribution in [2.24, 2.45) is 17.8 Å². The first-order chi connectivity index (χ1) is 9.15. The Hall–Kier alpha value is -0.870. The van der Waals surface area contributed by atoms with E-state index >= 15 is 0 Å². The van der Waals surface area contributed by atoms with E-state index in [9.17, 15) is 15.0 Å². The van der Waals surface area contributed by atoms with Gasteiger partial charge in [-0.3, -0.25) is 4.79 Å². The van der Waals surface area contributed by atoms with Gasteiger partial charge in [0.25, 0.3) is 0 Å². The fraction of sp³-hybridized carbons (Fsp3) is 0.800. The average Bonchev–Trinajstić information content (AvgIpc) is 2.90. The Morgan fingerprint density at radius 1 is 1.47 bits per heavy atom. The van der Waals surface area contributed by atoms with Crippen molar-refractivity contribution in [1.82, 2.24) is 0 Å². The Balaban J connectivity index is 1.78. The summed E-state index contributed by atoms with van der Waals surface area (Å²) in [5.41, 5.74) is 1.44. The minimum absolute atomic E-state index is 0.0611. The highest BCUT2D eigenvalue weighted by Crippen LogP contribution is 2.49. The average molecular weight is 268 g/mol. The molecule has 4 atom stereocenters. The van der Waals surface area contributed by atoms with E-state index < -0.39 is 0 Å². The highest BCUT2D eigenvalue weighted by molar-refractivity contribution is 5.69. The largest absolute Gasteiger partial charge is 0.469 e. The van der Waals surface area contributed by atoms with E-state index in [2.05, 4.69) is 10.8 Å². The van der Waals surface area contributed by atoms with Crippen molar-refractivity contribution >= 4 is 5.97 Å². The molecule has 2 rings (SSSR count). The van der Waals surface area contributed by atoms with Crippen molar-refractivity contribution in [3.05, 3.63) is 11.6 Å². The molecule has 4 heteroatoms. The zero-order chi connectivity index (χ0) is 13.8. The number of carbonyl (C=O) groups excluding carboxylic acids is 1. The maximum atomic E-state index is 11.0. The number of rotatable bonds is 5. The van der Waals surface area contributed by atoms with E-state index in [1.165, 1.54) is 12.7 Å². The number of carbonyl (C=O) groups is 1. The summed E-state index contributed by atoms with van der Waals surface area (Å²) in [5.74, 6) is 0.905. The molecule has 0 unspecified atom stereocenters. The number of aliphatic hydroxyl groups is 2. The van der Waals surface area contributed by atoms with E-state index in [1.807, 2.05) is 0 Å². The molecule has 0 bridgehead atoms. The summed E-state index contributed by atoms with van der Waals surface area (Å²) in [5, 5.41) is 19.2. The van der Waals surface area contributed by atoms with Crippen LogP contribution >= 0.6 is 0 Å². The van der Waals surface area contributed by atoms with E-state index in [4.69, 9.17) is 0 Å². The molecule has 19 heavy (non-hydrogen) atoms. The summed E-state index contributed by atoms with van der Waals surface area (Å²) in [7, 11) is 1.42. The highest BCUT2D eigenvalue weighted by atomic mass is 16.5. The molecule has 0 saturated heterocycles. The summed E-state index contributed by atoms with van der Waals surface area (Å²) in [6, 6.07) is 0. The van der Waals surface area contributed by atoms with Crippen LogP contribution < -0.4 is 0 Å². The molecule has 0 aromatic carbocycles. The molecule has 0 radical (unpaired) electrons. The summed E-state index contributed by atoms with van der Waals surface area (Å²) < 4.78 is 4.61. The first-order valence-electron chi connectivity index (χ1n) is 7.19. The highest BCUT2D eigenvalue weighted by Gasteiger charge is 2.45. The monoisotopic (exact) mass is 268 g/mol. The van der Waals surface area contributed by atoms with Crippen LogP contribution in [0.3, 0.4) is 0 Å². The molecule has 2 aliphatic carbocycles. The predicted molar refractivity (Wildman–Crippen MR) is 71.4 cm³/mol. The fourth-order valence-corrected chi connectivity index (χ4v) is 3.65. The summed E-state index contributed by atoms with van der Waals surface area (Å²) in [6.07, 6.45) is 7.03. The Kier molecular flexibility index (Phi) is 4.99. The van der Waals surface area contributed by atoms with Crippen molar-refractivity contribution in [3.63, 3.8) is 0 Å². The molecule has 108 valence electrons. The minimum atomic E-state index is -0.319. The molecule has 2 aliphatic rings. The topological polar surface area (TPSA) is 66.8 Å². The van der Waals surface area contributed by atoms with Gasteiger partial charge in [0.1, 0.15) is 0 Å². The van der Waals surface area contributed by atoms with Crippen LogP contribution in [0.4, 0.5) is 0 Å². The van der Waals surface area contributed by atoms with Crippen LogP contribution in [0.5, 0.6) is 0 Å². The van der Waals surface area contributed by atoms with Crippen LogP contribution in [0, 0.1) is 17.8 Å². The molecule has 0 heterocycles. The molecular weight excluding hydrogens is 244 g/mol. The zero-order valence-electron chi connectivity index (χ0n) is 11.5. The van der Waals surface area contributed by atoms with Gasteiger partial charge >= 0.3 is 5.97 Å². The van der Waals surface area contributed by atoms with Crippen LogP contribution in [0.2, 0.25) is 0 Å². The molecule has 0 spiro atoms. The number of fused-ring (bicyclic) bond motifs is 1. The SMILES string of the molecule is COC(=O)CCC/C=C1\C[C@H]2C[C@@H](O)[C@H](CO)[C@H]2C1. The molecular formula is C15H24O4. The third kappa shape index (κ3) is 3.37. The van der Waals surface area contributed by atoms with Gasteiger partial charge in [-0.1, -0.05) is 11.6 Å². The van der Waals surface area contributed by atoms with E-state index in [0.29, 0.717) is 18.3 Å². The molecule has 2 fully saturated rings. The van der Waals surface area contributed by atoms with Gasteiger partial charge in [0.2, 0.25) is 0 Å². The lowest BCUT2D eigenvalue weighted by atomic mass is 9.92. The number of allylic oxidation sites excluding steroid dienone is 2. The van der Waals surface area contributed by atoms with Crippen LogP contribution in [-0.4, -0.2) is 36.0 Å². The maximum Gasteiger partial charge on any atom is 0.305 e. The molecule has 0 aromatic rings. The van der Waals surface area contributed by atoms with Crippen molar-refractivity contribution in [2.75, 3.05) is 13.7 Å². The lowest BCUT2D eigenvalue weighted by molar-refractivity contribution is -0.140. The van der Waals surface area contributed by atoms with Crippen LogP contribution in [-0.2, 0) is 9.53 Å². The van der Waals surface area contributed by atoms with E-state index in [1.54, 1.807) is 0 Å². The fourth-order valence-electron chi connectivity index (χ4n) is 3.65. The van der Waals surface area contributed by atoms with Gasteiger partial charge in [-0.15, -0.1) is 0 Å². The van der Waals surface area contributed by atoms with E-state index in [0.717, 1.165) is 32.1 Å². The normalized spacial score (nSPS) is 35.6. The molecule has 4 nitrogen and oxygen atoms in total. The lowest BCUT2D eigenvalue weighted by Gasteiger charge is -2.17. The Morgan fingerprint density at radius 3 is 2.95 bits per heavy atom. The first-order valence-corrected chi connectivity index (χ1v) is 7.19. The predicted octanol–water partition coefficient (Wildman–Crippen LogP) is 1.66. The van der Waals surface area contributed by atoms with Crippen molar-refractivity contribution in [1.29, 1.82) is 0 Å². The van der Waals surface area contributed by atoms with Crippen molar-refractivity contribution < 1.29 is 19.7 Å². The Morgan fingerprint density at radius 2 is 2.26 bits per heavy atom. The summed E-state index contributed by atoms with van der Waals surface area (Å²) in [6.45, 7) is 0.0952. The van der Waals surface area contributed by atoms with E-state index in [-0.39, 0.29) is 24.6 Å². The number of unbranched alkanes of at least 4 members (excludes halogenated alkanes) is 1. The Bertz CT molecular complexity index is 350. The summed E-state index contributed by atoms with van der Waals surface area (Å²) in [4.78, 5) is 11.0. The quantitative estimate of drug-likeness (QED) is 0.452. The van der Waals surface area contributed by atoms with Crippen molar-refractivity contribution in [2.45, 2.75) is 44.6 Å². The van der Waals surface area contributed by atoms with Gasteiger partial charge in [-0.2, -0.15) is 0 Å². The molecule has 2 N–H and O–H groups in total.